The van der Waals surface area contributed by atoms with Gasteiger partial charge in [0.15, 0.2) is 5.65 Å². The minimum atomic E-state index is -0.0961. The van der Waals surface area contributed by atoms with Gasteiger partial charge in [-0.2, -0.15) is 10.2 Å². The average Bonchev–Trinajstić information content (AvgIpc) is 3.24. The van der Waals surface area contributed by atoms with Gasteiger partial charge in [0.05, 0.1) is 35.9 Å². The summed E-state index contributed by atoms with van der Waals surface area (Å²) in [6.45, 7) is 8.04. The maximum Gasteiger partial charge on any atom is 0.228 e. The predicted molar refractivity (Wildman–Crippen MR) is 113 cm³/mol. The number of benzene rings is 1. The van der Waals surface area contributed by atoms with E-state index in [9.17, 15) is 4.79 Å². The molecule has 0 atom stereocenters. The Labute approximate surface area is 169 Å². The number of pyridine rings is 1. The summed E-state index contributed by atoms with van der Waals surface area (Å²) < 4.78 is 3.75. The smallest absolute Gasteiger partial charge is 0.228 e. The van der Waals surface area contributed by atoms with Crippen molar-refractivity contribution < 1.29 is 4.79 Å². The van der Waals surface area contributed by atoms with Crippen LogP contribution in [0.2, 0.25) is 0 Å². The Balaban J connectivity index is 1.53. The molecule has 0 aliphatic carbocycles. The molecule has 1 aromatic carbocycles. The Bertz CT molecular complexity index is 1170. The topological polar surface area (TPSA) is 77.6 Å². The largest absolute Gasteiger partial charge is 0.324 e. The molecular weight excluding hydrogens is 364 g/mol. The lowest BCUT2D eigenvalue weighted by molar-refractivity contribution is -0.115. The summed E-state index contributed by atoms with van der Waals surface area (Å²) >= 11 is 0. The molecule has 7 nitrogen and oxygen atoms in total. The van der Waals surface area contributed by atoms with Crippen molar-refractivity contribution in [1.29, 1.82) is 0 Å². The molecule has 0 saturated carbocycles. The van der Waals surface area contributed by atoms with Gasteiger partial charge in [0.2, 0.25) is 5.91 Å². The Morgan fingerprint density at radius 2 is 1.90 bits per heavy atom. The molecule has 0 aliphatic rings. The zero-order valence-electron chi connectivity index (χ0n) is 17.0. The number of rotatable bonds is 5. The minimum absolute atomic E-state index is 0.0961. The van der Waals surface area contributed by atoms with Crippen LogP contribution in [-0.4, -0.2) is 30.5 Å². The van der Waals surface area contributed by atoms with Crippen LogP contribution in [0.5, 0.6) is 0 Å². The second-order valence-electron chi connectivity index (χ2n) is 7.44. The number of fused-ring (bicyclic) bond motifs is 1. The number of nitrogens with one attached hydrogen (secondary N) is 1. The number of hydrogen-bond acceptors (Lipinski definition) is 4. The summed E-state index contributed by atoms with van der Waals surface area (Å²) in [6.07, 6.45) is 3.71. The first-order valence-electron chi connectivity index (χ1n) is 9.67. The van der Waals surface area contributed by atoms with E-state index < -0.39 is 0 Å². The highest BCUT2D eigenvalue weighted by Gasteiger charge is 2.16. The predicted octanol–water partition coefficient (Wildman–Crippen LogP) is 4.00. The molecule has 0 spiro atoms. The Morgan fingerprint density at radius 1 is 1.14 bits per heavy atom. The van der Waals surface area contributed by atoms with E-state index in [0.717, 1.165) is 33.7 Å². The van der Waals surface area contributed by atoms with Crippen LogP contribution in [0.1, 0.15) is 36.8 Å². The zero-order chi connectivity index (χ0) is 20.5. The number of aryl methyl sites for hydroxylation is 1. The molecule has 1 amide bonds. The van der Waals surface area contributed by atoms with Crippen LogP contribution < -0.4 is 5.32 Å². The number of nitrogens with zero attached hydrogens (tertiary/aromatic N) is 5. The molecule has 3 heterocycles. The molecular formula is C22H24N6O. The van der Waals surface area contributed by atoms with E-state index >= 15 is 0 Å². The van der Waals surface area contributed by atoms with Crippen molar-refractivity contribution in [2.24, 2.45) is 0 Å². The number of hydrogen-bond donors (Lipinski definition) is 1. The number of para-hydroxylation sites is 1. The van der Waals surface area contributed by atoms with Gasteiger partial charge >= 0.3 is 0 Å². The first-order valence-corrected chi connectivity index (χ1v) is 9.67. The summed E-state index contributed by atoms with van der Waals surface area (Å²) in [5.41, 5.74) is 5.22. The molecule has 4 aromatic rings. The summed E-state index contributed by atoms with van der Waals surface area (Å²) in [5, 5.41) is 12.8. The summed E-state index contributed by atoms with van der Waals surface area (Å²) in [7, 11) is 0. The number of amides is 1. The Hall–Kier alpha value is -3.48. The molecule has 29 heavy (non-hydrogen) atoms. The maximum atomic E-state index is 12.7. The maximum absolute atomic E-state index is 12.7. The van der Waals surface area contributed by atoms with Crippen LogP contribution in [-0.2, 0) is 11.2 Å². The van der Waals surface area contributed by atoms with Crippen molar-refractivity contribution in [3.05, 3.63) is 65.7 Å². The molecule has 3 aromatic heterocycles. The van der Waals surface area contributed by atoms with Gasteiger partial charge in [-0.15, -0.1) is 0 Å². The van der Waals surface area contributed by atoms with Gasteiger partial charge in [-0.1, -0.05) is 18.2 Å². The van der Waals surface area contributed by atoms with Crippen LogP contribution in [0, 0.1) is 13.8 Å². The van der Waals surface area contributed by atoms with Crippen LogP contribution in [0.25, 0.3) is 16.7 Å². The van der Waals surface area contributed by atoms with Crippen LogP contribution in [0.3, 0.4) is 0 Å². The normalized spacial score (nSPS) is 11.3. The molecule has 0 aliphatic heterocycles. The fraction of sp³-hybridized carbons (Fsp3) is 0.273. The molecule has 1 N–H and O–H groups in total. The van der Waals surface area contributed by atoms with E-state index in [1.54, 1.807) is 12.4 Å². The van der Waals surface area contributed by atoms with Gasteiger partial charge in [-0.3, -0.25) is 4.79 Å². The number of carbonyl (C=O) groups excluding carboxylic acids is 1. The van der Waals surface area contributed by atoms with Gasteiger partial charge in [0.25, 0.3) is 0 Å². The summed E-state index contributed by atoms with van der Waals surface area (Å²) in [4.78, 5) is 17.2. The summed E-state index contributed by atoms with van der Waals surface area (Å²) in [6, 6.07) is 12.1. The van der Waals surface area contributed by atoms with Crippen molar-refractivity contribution >= 4 is 22.6 Å². The van der Waals surface area contributed by atoms with E-state index in [4.69, 9.17) is 0 Å². The third-order valence-electron chi connectivity index (χ3n) is 4.99. The van der Waals surface area contributed by atoms with Crippen molar-refractivity contribution in [2.75, 3.05) is 5.32 Å². The van der Waals surface area contributed by atoms with Gasteiger partial charge in [0.1, 0.15) is 0 Å². The highest BCUT2D eigenvalue weighted by atomic mass is 16.1. The second-order valence-corrected chi connectivity index (χ2v) is 7.44. The van der Waals surface area contributed by atoms with Gasteiger partial charge in [-0.05, 0) is 45.9 Å². The van der Waals surface area contributed by atoms with Gasteiger partial charge < -0.3 is 5.32 Å². The zero-order valence-corrected chi connectivity index (χ0v) is 17.0. The molecule has 7 heteroatoms. The molecule has 0 saturated heterocycles. The highest BCUT2D eigenvalue weighted by Crippen LogP contribution is 2.21. The molecule has 148 valence electrons. The van der Waals surface area contributed by atoms with Crippen molar-refractivity contribution in [2.45, 2.75) is 40.2 Å². The second kappa shape index (κ2) is 7.50. The fourth-order valence-corrected chi connectivity index (χ4v) is 3.50. The quantitative estimate of drug-likeness (QED) is 0.561. The Morgan fingerprint density at radius 3 is 2.62 bits per heavy atom. The molecule has 0 fully saturated rings. The van der Waals surface area contributed by atoms with Crippen molar-refractivity contribution in [3.8, 4) is 5.69 Å². The molecule has 0 radical (unpaired) electrons. The van der Waals surface area contributed by atoms with Crippen molar-refractivity contribution in [3.63, 3.8) is 0 Å². The summed E-state index contributed by atoms with van der Waals surface area (Å²) in [5.74, 6) is -0.0961. The fourth-order valence-electron chi connectivity index (χ4n) is 3.50. The van der Waals surface area contributed by atoms with Crippen LogP contribution in [0.15, 0.2) is 48.8 Å². The third kappa shape index (κ3) is 3.63. The van der Waals surface area contributed by atoms with E-state index in [0.29, 0.717) is 5.69 Å². The van der Waals surface area contributed by atoms with E-state index in [-0.39, 0.29) is 18.4 Å². The highest BCUT2D eigenvalue weighted by molar-refractivity contribution is 5.94. The van der Waals surface area contributed by atoms with E-state index in [1.165, 1.54) is 0 Å². The average molecular weight is 388 g/mol. The van der Waals surface area contributed by atoms with Crippen LogP contribution >= 0.6 is 0 Å². The van der Waals surface area contributed by atoms with Gasteiger partial charge in [0, 0.05) is 22.7 Å². The van der Waals surface area contributed by atoms with E-state index in [1.807, 2.05) is 59.6 Å². The first kappa shape index (κ1) is 18.9. The molecule has 4 rings (SSSR count). The lowest BCUT2D eigenvalue weighted by Gasteiger charge is -2.08. The standard InChI is InChI=1S/C22H24N6O/c1-14(2)27-22-17(12-24-27)10-18(13-23-22)25-21(29)11-20-15(3)26-28(16(20)4)19-8-6-5-7-9-19/h5-10,12-14H,11H2,1-4H3,(H,25,29). The number of anilines is 1. The van der Waals surface area contributed by atoms with Gasteiger partial charge in [-0.25, -0.2) is 14.3 Å². The lowest BCUT2D eigenvalue weighted by Crippen LogP contribution is -2.15. The van der Waals surface area contributed by atoms with Crippen molar-refractivity contribution in [1.82, 2.24) is 24.5 Å². The Kier molecular flexibility index (Phi) is 4.88. The monoisotopic (exact) mass is 388 g/mol. The number of carbonyl (C=O) groups is 1. The van der Waals surface area contributed by atoms with Crippen LogP contribution in [0.4, 0.5) is 5.69 Å². The first-order chi connectivity index (χ1) is 13.9. The number of aromatic nitrogens is 5. The lowest BCUT2D eigenvalue weighted by atomic mass is 10.1. The van der Waals surface area contributed by atoms with E-state index in [2.05, 4.69) is 34.3 Å². The third-order valence-corrected chi connectivity index (χ3v) is 4.99. The minimum Gasteiger partial charge on any atom is -0.324 e. The molecule has 0 unspecified atom stereocenters. The SMILES string of the molecule is Cc1nn(-c2ccccc2)c(C)c1CC(=O)Nc1cnc2c(cnn2C(C)C)c1. The molecule has 0 bridgehead atoms.